The van der Waals surface area contributed by atoms with Crippen LogP contribution in [0.4, 0.5) is 0 Å². The van der Waals surface area contributed by atoms with Crippen LogP contribution < -0.4 is 11.2 Å². The highest BCUT2D eigenvalue weighted by Crippen LogP contribution is 2.32. The Labute approximate surface area is 109 Å². The van der Waals surface area contributed by atoms with Crippen LogP contribution in [0, 0.1) is 6.92 Å². The van der Waals surface area contributed by atoms with Gasteiger partial charge in [0, 0.05) is 18.2 Å². The van der Waals surface area contributed by atoms with Crippen LogP contribution in [0.15, 0.2) is 15.8 Å². The minimum atomic E-state index is -0.610. The van der Waals surface area contributed by atoms with Gasteiger partial charge in [-0.25, -0.2) is 4.79 Å². The van der Waals surface area contributed by atoms with E-state index in [-0.39, 0.29) is 6.61 Å². The van der Waals surface area contributed by atoms with Crippen LogP contribution in [0.25, 0.3) is 0 Å². The van der Waals surface area contributed by atoms with Gasteiger partial charge in [0.15, 0.2) is 0 Å². The molecule has 0 aliphatic carbocycles. The molecule has 1 saturated heterocycles. The van der Waals surface area contributed by atoms with E-state index in [2.05, 4.69) is 4.98 Å². The Morgan fingerprint density at radius 1 is 1.68 bits per heavy atom. The first-order chi connectivity index (χ1) is 9.06. The van der Waals surface area contributed by atoms with Gasteiger partial charge in [-0.2, -0.15) is 0 Å². The van der Waals surface area contributed by atoms with Crippen molar-refractivity contribution in [2.24, 2.45) is 0 Å². The molecular formula is C10H16N2O6P+. The van der Waals surface area contributed by atoms with E-state index in [9.17, 15) is 14.7 Å². The molecule has 0 bridgehead atoms. The maximum Gasteiger partial charge on any atom is 0.344 e. The fraction of sp³-hybridized carbons (Fsp3) is 0.600. The van der Waals surface area contributed by atoms with Crippen molar-refractivity contribution in [1.29, 1.82) is 0 Å². The summed E-state index contributed by atoms with van der Waals surface area (Å²) in [6.45, 7) is 1.34. The predicted octanol–water partition coefficient (Wildman–Crippen LogP) is -1.26. The molecule has 0 spiro atoms. The van der Waals surface area contributed by atoms with Gasteiger partial charge in [-0.1, -0.05) is 0 Å². The van der Waals surface area contributed by atoms with E-state index in [0.29, 0.717) is 12.0 Å². The first kappa shape index (κ1) is 14.4. The molecule has 0 aromatic carbocycles. The number of aryl methyl sites for hydroxylation is 1. The number of aliphatic hydroxyl groups is 1. The van der Waals surface area contributed by atoms with Gasteiger partial charge >= 0.3 is 14.7 Å². The average Bonchev–Trinajstić information content (AvgIpc) is 2.77. The topological polar surface area (TPSA) is 116 Å². The highest BCUT2D eigenvalue weighted by molar-refractivity contribution is 7.25. The SMILES string of the molecule is Cc1cn(C2CC(OP[OH2+])C(CO)O2)c(=O)[nH]c1=O. The molecule has 1 aromatic heterocycles. The van der Waals surface area contributed by atoms with Crippen LogP contribution in [0.2, 0.25) is 0 Å². The Morgan fingerprint density at radius 3 is 3.05 bits per heavy atom. The Balaban J connectivity index is 2.27. The minimum absolute atomic E-state index is 0.247. The van der Waals surface area contributed by atoms with E-state index in [1.165, 1.54) is 10.8 Å². The van der Waals surface area contributed by atoms with Crippen LogP contribution in [-0.2, 0) is 9.26 Å². The summed E-state index contributed by atoms with van der Waals surface area (Å²) >= 11 is 0. The molecule has 19 heavy (non-hydrogen) atoms. The largest absolute Gasteiger partial charge is 0.416 e. The van der Waals surface area contributed by atoms with Crippen molar-refractivity contribution < 1.29 is 19.3 Å². The second-order valence-corrected chi connectivity index (χ2v) is 4.72. The fourth-order valence-corrected chi connectivity index (χ4v) is 2.43. The molecule has 2 heterocycles. The summed E-state index contributed by atoms with van der Waals surface area (Å²) < 4.78 is 12.0. The molecule has 0 amide bonds. The van der Waals surface area contributed by atoms with Crippen LogP contribution in [-0.4, -0.2) is 38.4 Å². The van der Waals surface area contributed by atoms with Gasteiger partial charge in [0.2, 0.25) is 0 Å². The Kier molecular flexibility index (Phi) is 4.49. The number of rotatable bonds is 4. The molecule has 9 heteroatoms. The lowest BCUT2D eigenvalue weighted by atomic mass is 10.2. The van der Waals surface area contributed by atoms with E-state index in [0.717, 1.165) is 0 Å². The monoisotopic (exact) mass is 291 g/mol. The van der Waals surface area contributed by atoms with E-state index in [1.54, 1.807) is 6.92 Å². The molecule has 106 valence electrons. The Hall–Kier alpha value is -1.05. The molecule has 1 aliphatic rings. The van der Waals surface area contributed by atoms with Gasteiger partial charge in [0.05, 0.1) is 6.61 Å². The summed E-state index contributed by atoms with van der Waals surface area (Å²) in [6.07, 6.45) is 0.169. The lowest BCUT2D eigenvalue weighted by Gasteiger charge is -2.14. The summed E-state index contributed by atoms with van der Waals surface area (Å²) in [4.78, 5) is 32.3. The number of hydrogen-bond acceptors (Lipinski definition) is 5. The van der Waals surface area contributed by atoms with Gasteiger partial charge in [-0.3, -0.25) is 18.9 Å². The summed E-state index contributed by atoms with van der Waals surface area (Å²) in [7, 11) is -0.465. The molecule has 1 fully saturated rings. The van der Waals surface area contributed by atoms with Crippen molar-refractivity contribution in [2.45, 2.75) is 31.8 Å². The molecule has 2 rings (SSSR count). The molecule has 1 aliphatic heterocycles. The van der Waals surface area contributed by atoms with Crippen LogP contribution >= 0.6 is 9.03 Å². The first-order valence-electron chi connectivity index (χ1n) is 5.72. The summed E-state index contributed by atoms with van der Waals surface area (Å²) in [5, 5.41) is 9.19. The van der Waals surface area contributed by atoms with Crippen molar-refractivity contribution in [3.8, 4) is 0 Å². The number of aromatic nitrogens is 2. The van der Waals surface area contributed by atoms with Gasteiger partial charge < -0.3 is 14.7 Å². The molecule has 1 aromatic rings. The van der Waals surface area contributed by atoms with Crippen LogP contribution in [0.1, 0.15) is 18.2 Å². The minimum Gasteiger partial charge on any atom is -0.416 e. The Bertz CT molecular complexity index is 556. The summed E-state index contributed by atoms with van der Waals surface area (Å²) in [5.41, 5.74) is -0.597. The zero-order chi connectivity index (χ0) is 14.0. The highest BCUT2D eigenvalue weighted by atomic mass is 31.1. The van der Waals surface area contributed by atoms with E-state index in [4.69, 9.17) is 14.2 Å². The number of H-pyrrole nitrogens is 1. The van der Waals surface area contributed by atoms with Crippen molar-refractivity contribution in [1.82, 2.24) is 9.55 Å². The first-order valence-corrected chi connectivity index (χ1v) is 6.63. The molecule has 0 radical (unpaired) electrons. The Morgan fingerprint density at radius 2 is 2.42 bits per heavy atom. The molecule has 8 nitrogen and oxygen atoms in total. The summed E-state index contributed by atoms with van der Waals surface area (Å²) in [5.74, 6) is 0. The van der Waals surface area contributed by atoms with E-state index < -0.39 is 38.7 Å². The van der Waals surface area contributed by atoms with Crippen molar-refractivity contribution >= 4 is 9.03 Å². The molecular weight excluding hydrogens is 275 g/mol. The molecule has 0 saturated carbocycles. The number of nitrogens with zero attached hydrogens (tertiary/aromatic N) is 1. The molecule has 4 unspecified atom stereocenters. The third-order valence-electron chi connectivity index (χ3n) is 3.03. The van der Waals surface area contributed by atoms with Crippen LogP contribution in [0.5, 0.6) is 0 Å². The maximum atomic E-state index is 11.7. The van der Waals surface area contributed by atoms with Gasteiger partial charge in [0.25, 0.3) is 5.56 Å². The van der Waals surface area contributed by atoms with E-state index >= 15 is 0 Å². The molecule has 4 atom stereocenters. The standard InChI is InChI=1S/C10H15N2O6P/c1-5-3-12(10(15)11-9(5)14)8-2-6(18-19-16)7(4-13)17-8/h3,6-8,13,16,19H,2,4H2,1H3,(H,11,14,15)/p+1. The van der Waals surface area contributed by atoms with Crippen molar-refractivity contribution in [3.05, 3.63) is 32.6 Å². The number of aliphatic hydroxyl groups excluding tert-OH is 1. The number of nitrogens with one attached hydrogen (secondary N) is 1. The van der Waals surface area contributed by atoms with Gasteiger partial charge in [0.1, 0.15) is 18.4 Å². The normalized spacial score (nSPS) is 27.4. The molecule has 4 N–H and O–H groups in total. The van der Waals surface area contributed by atoms with Crippen LogP contribution in [0.3, 0.4) is 0 Å². The number of aromatic amines is 1. The number of hydrogen-bond donors (Lipinski definition) is 2. The van der Waals surface area contributed by atoms with Gasteiger partial charge in [-0.15, -0.1) is 0 Å². The third kappa shape index (κ3) is 2.93. The lowest BCUT2D eigenvalue weighted by molar-refractivity contribution is -0.0414. The zero-order valence-corrected chi connectivity index (χ0v) is 11.3. The third-order valence-corrected chi connectivity index (χ3v) is 3.45. The van der Waals surface area contributed by atoms with E-state index in [1.807, 2.05) is 0 Å². The quantitative estimate of drug-likeness (QED) is 0.530. The average molecular weight is 291 g/mol. The summed E-state index contributed by atoms with van der Waals surface area (Å²) in [6, 6.07) is 0. The maximum absolute atomic E-state index is 11.7. The highest BCUT2D eigenvalue weighted by Gasteiger charge is 2.37. The fourth-order valence-electron chi connectivity index (χ4n) is 2.03. The van der Waals surface area contributed by atoms with Crippen molar-refractivity contribution in [3.63, 3.8) is 0 Å². The number of ether oxygens (including phenoxy) is 1. The smallest absolute Gasteiger partial charge is 0.344 e. The zero-order valence-electron chi connectivity index (χ0n) is 10.3. The predicted molar refractivity (Wildman–Crippen MR) is 68.5 cm³/mol. The lowest BCUT2D eigenvalue weighted by Crippen LogP contribution is -2.33. The van der Waals surface area contributed by atoms with Gasteiger partial charge in [-0.05, 0) is 6.92 Å². The van der Waals surface area contributed by atoms with Crippen molar-refractivity contribution in [2.75, 3.05) is 6.61 Å². The second kappa shape index (κ2) is 5.94. The second-order valence-electron chi connectivity index (χ2n) is 4.28.